The Hall–Kier alpha value is -1.59. The van der Waals surface area contributed by atoms with Gasteiger partial charge in [-0.2, -0.15) is 0 Å². The highest BCUT2D eigenvalue weighted by molar-refractivity contribution is 6.02. The number of fused-ring (bicyclic) bond motifs is 1. The summed E-state index contributed by atoms with van der Waals surface area (Å²) in [6.45, 7) is 4.68. The molecule has 1 aromatic carbocycles. The van der Waals surface area contributed by atoms with E-state index < -0.39 is 6.10 Å². The second kappa shape index (κ2) is 4.96. The minimum absolute atomic E-state index is 0.0737. The van der Waals surface area contributed by atoms with Crippen LogP contribution in [-0.2, 0) is 4.79 Å². The van der Waals surface area contributed by atoms with Crippen molar-refractivity contribution in [3.05, 3.63) is 23.8 Å². The van der Waals surface area contributed by atoms with Crippen LogP contribution in [0.4, 0.5) is 11.4 Å². The summed E-state index contributed by atoms with van der Waals surface area (Å²) in [4.78, 5) is 13.4. The molecule has 3 N–H and O–H groups in total. The highest BCUT2D eigenvalue weighted by atomic mass is 16.3. The Morgan fingerprint density at radius 2 is 2.17 bits per heavy atom. The van der Waals surface area contributed by atoms with Crippen molar-refractivity contribution in [3.8, 4) is 0 Å². The van der Waals surface area contributed by atoms with Gasteiger partial charge in [0.05, 0.1) is 6.61 Å². The van der Waals surface area contributed by atoms with E-state index in [0.717, 1.165) is 5.69 Å². The Bertz CT molecular complexity index is 460. The van der Waals surface area contributed by atoms with E-state index in [1.54, 1.807) is 6.07 Å². The molecule has 18 heavy (non-hydrogen) atoms. The maximum atomic E-state index is 11.4. The van der Waals surface area contributed by atoms with Crippen LogP contribution in [0.2, 0.25) is 0 Å². The third-order valence-electron chi connectivity index (χ3n) is 3.13. The van der Waals surface area contributed by atoms with Gasteiger partial charge in [-0.15, -0.1) is 0 Å². The molecule has 5 heteroatoms. The van der Waals surface area contributed by atoms with Crippen LogP contribution < -0.4 is 10.2 Å². The Labute approximate surface area is 106 Å². The molecule has 0 radical (unpaired) electrons. The van der Waals surface area contributed by atoms with Gasteiger partial charge in [0, 0.05) is 29.5 Å². The van der Waals surface area contributed by atoms with Crippen molar-refractivity contribution in [2.75, 3.05) is 23.4 Å². The summed E-state index contributed by atoms with van der Waals surface area (Å²) in [6, 6.07) is 5.69. The summed E-state index contributed by atoms with van der Waals surface area (Å²) in [5, 5.41) is 21.3. The molecule has 1 heterocycles. The minimum Gasteiger partial charge on any atom is -0.395 e. The third kappa shape index (κ3) is 2.19. The van der Waals surface area contributed by atoms with Crippen LogP contribution >= 0.6 is 0 Å². The highest BCUT2D eigenvalue weighted by Crippen LogP contribution is 2.34. The smallest absolute Gasteiger partial charge is 0.257 e. The molecular weight excluding hydrogens is 232 g/mol. The zero-order chi connectivity index (χ0) is 13.3. The highest BCUT2D eigenvalue weighted by Gasteiger charge is 2.28. The largest absolute Gasteiger partial charge is 0.395 e. The van der Waals surface area contributed by atoms with Gasteiger partial charge in [-0.1, -0.05) is 6.07 Å². The summed E-state index contributed by atoms with van der Waals surface area (Å²) in [6.07, 6.45) is -1.07. The van der Waals surface area contributed by atoms with Gasteiger partial charge in [-0.3, -0.25) is 4.79 Å². The van der Waals surface area contributed by atoms with Crippen molar-refractivity contribution >= 4 is 17.3 Å². The normalized spacial score (nSPS) is 17.8. The summed E-state index contributed by atoms with van der Waals surface area (Å²) in [7, 11) is 0. The van der Waals surface area contributed by atoms with Crippen molar-refractivity contribution in [2.24, 2.45) is 0 Å². The van der Waals surface area contributed by atoms with Gasteiger partial charge >= 0.3 is 0 Å². The van der Waals surface area contributed by atoms with Crippen molar-refractivity contribution in [1.82, 2.24) is 0 Å². The monoisotopic (exact) mass is 250 g/mol. The van der Waals surface area contributed by atoms with E-state index in [4.69, 9.17) is 5.11 Å². The van der Waals surface area contributed by atoms with E-state index in [0.29, 0.717) is 17.8 Å². The molecule has 2 rings (SSSR count). The van der Waals surface area contributed by atoms with Gasteiger partial charge in [-0.25, -0.2) is 0 Å². The first-order chi connectivity index (χ1) is 8.54. The molecule has 1 aromatic rings. The zero-order valence-electron chi connectivity index (χ0n) is 10.6. The van der Waals surface area contributed by atoms with Gasteiger partial charge in [0.1, 0.15) is 0 Å². The lowest BCUT2D eigenvalue weighted by Crippen LogP contribution is -2.33. The molecule has 0 saturated carbocycles. The average Bonchev–Trinajstić information content (AvgIpc) is 2.61. The van der Waals surface area contributed by atoms with Gasteiger partial charge in [-0.05, 0) is 26.0 Å². The lowest BCUT2D eigenvalue weighted by Gasteiger charge is -2.28. The molecule has 0 aliphatic carbocycles. The number of carbonyl (C=O) groups is 1. The van der Waals surface area contributed by atoms with Crippen molar-refractivity contribution < 1.29 is 15.0 Å². The number of anilines is 2. The van der Waals surface area contributed by atoms with E-state index in [9.17, 15) is 9.90 Å². The number of hydrogen-bond donors (Lipinski definition) is 3. The average molecular weight is 250 g/mol. The van der Waals surface area contributed by atoms with Crippen LogP contribution in [0, 0.1) is 0 Å². The van der Waals surface area contributed by atoms with Gasteiger partial charge in [0.2, 0.25) is 0 Å². The molecule has 0 aromatic heterocycles. The summed E-state index contributed by atoms with van der Waals surface area (Å²) < 4.78 is 0. The molecule has 0 saturated heterocycles. The van der Waals surface area contributed by atoms with Crippen molar-refractivity contribution in [2.45, 2.75) is 26.0 Å². The van der Waals surface area contributed by atoms with Crippen LogP contribution in [0.5, 0.6) is 0 Å². The third-order valence-corrected chi connectivity index (χ3v) is 3.13. The predicted molar refractivity (Wildman–Crippen MR) is 69.6 cm³/mol. The Morgan fingerprint density at radius 3 is 2.78 bits per heavy atom. The molecule has 5 nitrogen and oxygen atoms in total. The van der Waals surface area contributed by atoms with E-state index in [2.05, 4.69) is 5.32 Å². The van der Waals surface area contributed by atoms with E-state index in [-0.39, 0.29) is 18.6 Å². The summed E-state index contributed by atoms with van der Waals surface area (Å²) in [5.74, 6) is -0.389. The Balaban J connectivity index is 2.32. The molecule has 0 fully saturated rings. The molecule has 1 aliphatic rings. The first-order valence-electron chi connectivity index (χ1n) is 6.05. The Morgan fingerprint density at radius 1 is 1.44 bits per heavy atom. The second-order valence-electron chi connectivity index (χ2n) is 4.67. The summed E-state index contributed by atoms with van der Waals surface area (Å²) in [5.41, 5.74) is 2.18. The van der Waals surface area contributed by atoms with E-state index >= 15 is 0 Å². The topological polar surface area (TPSA) is 72.8 Å². The molecule has 0 spiro atoms. The maximum Gasteiger partial charge on any atom is 0.257 e. The molecular formula is C13H18N2O3. The standard InChI is InChI=1S/C13H18N2O3/c1-8(2)15(5-6-16)9-3-4-10-11(7-9)14-13(18)12(10)17/h3-4,7-8,12,16-17H,5-6H2,1-2H3,(H,14,18). The lowest BCUT2D eigenvalue weighted by atomic mass is 10.1. The maximum absolute atomic E-state index is 11.4. The first kappa shape index (κ1) is 12.9. The molecule has 0 bridgehead atoms. The number of rotatable bonds is 4. The fourth-order valence-electron chi connectivity index (χ4n) is 2.21. The predicted octanol–water partition coefficient (Wildman–Crippen LogP) is 0.879. The first-order valence-corrected chi connectivity index (χ1v) is 6.05. The van der Waals surface area contributed by atoms with Crippen LogP contribution in [0.25, 0.3) is 0 Å². The molecule has 1 amide bonds. The number of aliphatic hydroxyl groups is 2. The van der Waals surface area contributed by atoms with Crippen LogP contribution in [0.3, 0.4) is 0 Å². The van der Waals surface area contributed by atoms with Crippen LogP contribution in [0.15, 0.2) is 18.2 Å². The zero-order valence-corrected chi connectivity index (χ0v) is 10.6. The molecule has 1 atom stereocenters. The molecule has 98 valence electrons. The summed E-state index contributed by atoms with van der Waals surface area (Å²) >= 11 is 0. The number of nitrogens with one attached hydrogen (secondary N) is 1. The molecule has 1 unspecified atom stereocenters. The number of hydrogen-bond acceptors (Lipinski definition) is 4. The van der Waals surface area contributed by atoms with Crippen LogP contribution in [-0.4, -0.2) is 35.3 Å². The van der Waals surface area contributed by atoms with E-state index in [1.807, 2.05) is 30.9 Å². The van der Waals surface area contributed by atoms with Gasteiger partial charge in [0.25, 0.3) is 5.91 Å². The fourth-order valence-corrected chi connectivity index (χ4v) is 2.21. The van der Waals surface area contributed by atoms with E-state index in [1.165, 1.54) is 0 Å². The number of nitrogens with zero attached hydrogens (tertiary/aromatic N) is 1. The van der Waals surface area contributed by atoms with Crippen molar-refractivity contribution in [1.29, 1.82) is 0 Å². The second-order valence-corrected chi connectivity index (χ2v) is 4.67. The number of amides is 1. The Kier molecular flexibility index (Phi) is 3.54. The molecule has 1 aliphatic heterocycles. The minimum atomic E-state index is -1.07. The number of carbonyl (C=O) groups excluding carboxylic acids is 1. The van der Waals surface area contributed by atoms with Crippen LogP contribution in [0.1, 0.15) is 25.5 Å². The number of aliphatic hydroxyl groups excluding tert-OH is 2. The van der Waals surface area contributed by atoms with Gasteiger partial charge in [0.15, 0.2) is 6.10 Å². The van der Waals surface area contributed by atoms with Gasteiger partial charge < -0.3 is 20.4 Å². The number of benzene rings is 1. The SMILES string of the molecule is CC(C)N(CCO)c1ccc2c(c1)NC(=O)C2O. The van der Waals surface area contributed by atoms with Crippen molar-refractivity contribution in [3.63, 3.8) is 0 Å². The fraction of sp³-hybridized carbons (Fsp3) is 0.462. The quantitative estimate of drug-likeness (QED) is 0.741. The lowest BCUT2D eigenvalue weighted by molar-refractivity contribution is -0.123.